The zero-order chi connectivity index (χ0) is 14.8. The Morgan fingerprint density at radius 3 is 2.55 bits per heavy atom. The third-order valence-electron chi connectivity index (χ3n) is 2.58. The van der Waals surface area contributed by atoms with Gasteiger partial charge < -0.3 is 5.32 Å². The van der Waals surface area contributed by atoms with Crippen molar-refractivity contribution >= 4 is 21.7 Å². The Morgan fingerprint density at radius 1 is 1.20 bits per heavy atom. The molecule has 1 aromatic heterocycles. The Labute approximate surface area is 121 Å². The van der Waals surface area contributed by atoms with Crippen molar-refractivity contribution < 1.29 is 17.6 Å². The van der Waals surface area contributed by atoms with Gasteiger partial charge in [0.15, 0.2) is 11.6 Å². The number of benzene rings is 1. The van der Waals surface area contributed by atoms with Crippen LogP contribution in [0.5, 0.6) is 0 Å². The molecule has 1 aromatic carbocycles. The largest absolute Gasteiger partial charge is 0.416 e. The molecule has 20 heavy (non-hydrogen) atoms. The third kappa shape index (κ3) is 3.47. The maximum Gasteiger partial charge on any atom is 0.416 e. The van der Waals surface area contributed by atoms with Gasteiger partial charge in [-0.2, -0.15) is 13.2 Å². The fraction of sp³-hybridized carbons (Fsp3) is 0.154. The van der Waals surface area contributed by atoms with Crippen LogP contribution in [0.4, 0.5) is 23.4 Å². The van der Waals surface area contributed by atoms with Crippen LogP contribution in [-0.4, -0.2) is 4.98 Å². The van der Waals surface area contributed by atoms with E-state index in [4.69, 9.17) is 0 Å². The molecule has 7 heteroatoms. The molecule has 106 valence electrons. The van der Waals surface area contributed by atoms with Gasteiger partial charge >= 0.3 is 6.18 Å². The van der Waals surface area contributed by atoms with Crippen LogP contribution in [0.25, 0.3) is 0 Å². The van der Waals surface area contributed by atoms with Gasteiger partial charge in [-0.1, -0.05) is 18.2 Å². The van der Waals surface area contributed by atoms with E-state index >= 15 is 0 Å². The van der Waals surface area contributed by atoms with Gasteiger partial charge in [0, 0.05) is 17.2 Å². The topological polar surface area (TPSA) is 24.9 Å². The number of anilines is 1. The average molecular weight is 349 g/mol. The molecule has 1 N–H and O–H groups in total. The van der Waals surface area contributed by atoms with Crippen molar-refractivity contribution in [1.82, 2.24) is 4.98 Å². The molecule has 1 heterocycles. The molecule has 2 nitrogen and oxygen atoms in total. The maximum atomic E-state index is 13.5. The Morgan fingerprint density at radius 2 is 1.90 bits per heavy atom. The number of rotatable bonds is 3. The minimum atomic E-state index is -4.44. The third-order valence-corrected chi connectivity index (χ3v) is 3.01. The summed E-state index contributed by atoms with van der Waals surface area (Å²) in [4.78, 5) is 3.77. The van der Waals surface area contributed by atoms with E-state index in [-0.39, 0.29) is 17.9 Å². The molecule has 0 spiro atoms. The standard InChI is InChI=1S/C13H9BrF4N2/c14-9-5-11(15)12(20-7-9)19-6-8-3-1-2-4-10(8)13(16,17)18/h1-5,7H,6H2,(H,19,20). The summed E-state index contributed by atoms with van der Waals surface area (Å²) < 4.78 is 52.3. The van der Waals surface area contributed by atoms with E-state index in [1.54, 1.807) is 0 Å². The van der Waals surface area contributed by atoms with Crippen molar-refractivity contribution in [3.63, 3.8) is 0 Å². The Bertz CT molecular complexity index is 614. The summed E-state index contributed by atoms with van der Waals surface area (Å²) >= 11 is 3.05. The lowest BCUT2D eigenvalue weighted by molar-refractivity contribution is -0.138. The second-order valence-corrected chi connectivity index (χ2v) is 4.91. The van der Waals surface area contributed by atoms with Crippen LogP contribution in [0.1, 0.15) is 11.1 Å². The van der Waals surface area contributed by atoms with E-state index in [1.165, 1.54) is 30.5 Å². The number of hydrogen-bond donors (Lipinski definition) is 1. The number of aromatic nitrogens is 1. The van der Waals surface area contributed by atoms with Crippen LogP contribution in [-0.2, 0) is 12.7 Å². The monoisotopic (exact) mass is 348 g/mol. The lowest BCUT2D eigenvalue weighted by Crippen LogP contribution is -2.12. The fourth-order valence-corrected chi connectivity index (χ4v) is 1.98. The minimum Gasteiger partial charge on any atom is -0.364 e. The van der Waals surface area contributed by atoms with Gasteiger partial charge in [-0.05, 0) is 33.6 Å². The van der Waals surface area contributed by atoms with E-state index in [0.29, 0.717) is 4.47 Å². The lowest BCUT2D eigenvalue weighted by atomic mass is 10.1. The predicted octanol–water partition coefficient (Wildman–Crippen LogP) is 4.61. The second-order valence-electron chi connectivity index (χ2n) is 3.99. The van der Waals surface area contributed by atoms with Crippen LogP contribution in [0, 0.1) is 5.82 Å². The van der Waals surface area contributed by atoms with Crippen molar-refractivity contribution in [2.75, 3.05) is 5.32 Å². The number of pyridine rings is 1. The fourth-order valence-electron chi connectivity index (χ4n) is 1.67. The summed E-state index contributed by atoms with van der Waals surface area (Å²) in [5.41, 5.74) is -0.714. The van der Waals surface area contributed by atoms with Crippen molar-refractivity contribution in [1.29, 1.82) is 0 Å². The van der Waals surface area contributed by atoms with Crippen LogP contribution in [0.3, 0.4) is 0 Å². The molecule has 0 bridgehead atoms. The smallest absolute Gasteiger partial charge is 0.364 e. The molecule has 0 saturated heterocycles. The second kappa shape index (κ2) is 5.78. The van der Waals surface area contributed by atoms with Crippen molar-refractivity contribution in [2.24, 2.45) is 0 Å². The van der Waals surface area contributed by atoms with E-state index in [1.807, 2.05) is 0 Å². The van der Waals surface area contributed by atoms with E-state index < -0.39 is 17.6 Å². The molecule has 0 aliphatic heterocycles. The van der Waals surface area contributed by atoms with Gasteiger partial charge in [-0.25, -0.2) is 9.37 Å². The molecule has 0 radical (unpaired) electrons. The maximum absolute atomic E-state index is 13.5. The molecule has 0 atom stereocenters. The number of alkyl halides is 3. The number of halogens is 5. The molecule has 2 aromatic rings. The predicted molar refractivity (Wildman–Crippen MR) is 70.7 cm³/mol. The zero-order valence-electron chi connectivity index (χ0n) is 10.0. The molecule has 0 amide bonds. The Hall–Kier alpha value is -1.63. The van der Waals surface area contributed by atoms with Gasteiger partial charge in [-0.15, -0.1) is 0 Å². The highest BCUT2D eigenvalue weighted by atomic mass is 79.9. The highest BCUT2D eigenvalue weighted by molar-refractivity contribution is 9.10. The molecule has 0 unspecified atom stereocenters. The molecular weight excluding hydrogens is 340 g/mol. The summed E-state index contributed by atoms with van der Waals surface area (Å²) in [6.07, 6.45) is -3.08. The van der Waals surface area contributed by atoms with Gasteiger partial charge in [0.1, 0.15) is 0 Å². The quantitative estimate of drug-likeness (QED) is 0.819. The number of nitrogens with zero attached hydrogens (tertiary/aromatic N) is 1. The number of nitrogens with one attached hydrogen (secondary N) is 1. The van der Waals surface area contributed by atoms with Crippen molar-refractivity contribution in [3.05, 3.63) is 57.9 Å². The summed E-state index contributed by atoms with van der Waals surface area (Å²) in [6, 6.07) is 6.32. The van der Waals surface area contributed by atoms with E-state index in [0.717, 1.165) is 6.07 Å². The van der Waals surface area contributed by atoms with Crippen LogP contribution in [0.2, 0.25) is 0 Å². The van der Waals surface area contributed by atoms with Gasteiger partial charge in [0.2, 0.25) is 0 Å². The summed E-state index contributed by atoms with van der Waals surface area (Å²) in [5.74, 6) is -0.728. The Balaban J connectivity index is 2.19. The number of hydrogen-bond acceptors (Lipinski definition) is 2. The summed E-state index contributed by atoms with van der Waals surface area (Å²) in [7, 11) is 0. The molecule has 0 saturated carbocycles. The van der Waals surface area contributed by atoms with Crippen molar-refractivity contribution in [2.45, 2.75) is 12.7 Å². The minimum absolute atomic E-state index is 0.0316. The highest BCUT2D eigenvalue weighted by Crippen LogP contribution is 2.32. The molecule has 2 rings (SSSR count). The summed E-state index contributed by atoms with van der Waals surface area (Å²) in [5, 5.41) is 2.56. The molecule has 0 aliphatic carbocycles. The van der Waals surface area contributed by atoms with Crippen LogP contribution >= 0.6 is 15.9 Å². The van der Waals surface area contributed by atoms with Crippen LogP contribution in [0.15, 0.2) is 41.0 Å². The first-order valence-electron chi connectivity index (χ1n) is 5.58. The zero-order valence-corrected chi connectivity index (χ0v) is 11.6. The first kappa shape index (κ1) is 14.8. The highest BCUT2D eigenvalue weighted by Gasteiger charge is 2.32. The average Bonchev–Trinajstić information content (AvgIpc) is 2.37. The molecule has 0 aliphatic rings. The normalized spacial score (nSPS) is 11.4. The first-order valence-corrected chi connectivity index (χ1v) is 6.37. The van der Waals surface area contributed by atoms with Gasteiger partial charge in [-0.3, -0.25) is 0 Å². The van der Waals surface area contributed by atoms with Gasteiger partial charge in [0.05, 0.1) is 5.56 Å². The Kier molecular flexibility index (Phi) is 4.27. The van der Waals surface area contributed by atoms with Crippen molar-refractivity contribution in [3.8, 4) is 0 Å². The first-order chi connectivity index (χ1) is 9.38. The SMILES string of the molecule is Fc1cc(Br)cnc1NCc1ccccc1C(F)(F)F. The lowest BCUT2D eigenvalue weighted by Gasteiger charge is -2.13. The molecular formula is C13H9BrF4N2. The van der Waals surface area contributed by atoms with Crippen LogP contribution < -0.4 is 5.32 Å². The van der Waals surface area contributed by atoms with Gasteiger partial charge in [0.25, 0.3) is 0 Å². The summed E-state index contributed by atoms with van der Waals surface area (Å²) in [6.45, 7) is -0.165. The van der Waals surface area contributed by atoms with E-state index in [2.05, 4.69) is 26.2 Å². The van der Waals surface area contributed by atoms with E-state index in [9.17, 15) is 17.6 Å². The molecule has 0 fully saturated rings.